The highest BCUT2D eigenvalue weighted by Crippen LogP contribution is 1.89. The van der Waals surface area contributed by atoms with Gasteiger partial charge in [-0.2, -0.15) is 0 Å². The van der Waals surface area contributed by atoms with Crippen LogP contribution in [0.4, 0.5) is 0 Å². The van der Waals surface area contributed by atoms with E-state index in [1.165, 1.54) is 6.08 Å². The molecule has 52 valence electrons. The van der Waals surface area contributed by atoms with Gasteiger partial charge in [0.15, 0.2) is 6.29 Å². The van der Waals surface area contributed by atoms with Gasteiger partial charge in [0.1, 0.15) is 6.29 Å². The standard InChI is InChI=1S/C6H10O3/c1-2-5-9-6(8)3-4-7/h2,4,6,8H,1,3,5H2/t6-/m1/s1. The van der Waals surface area contributed by atoms with Crippen molar-refractivity contribution in [3.05, 3.63) is 12.7 Å². The van der Waals surface area contributed by atoms with E-state index < -0.39 is 6.29 Å². The summed E-state index contributed by atoms with van der Waals surface area (Å²) in [6, 6.07) is 0. The molecular weight excluding hydrogens is 120 g/mol. The fourth-order valence-electron chi connectivity index (χ4n) is 0.329. The second-order valence-corrected chi connectivity index (χ2v) is 1.48. The Kier molecular flexibility index (Phi) is 5.06. The van der Waals surface area contributed by atoms with Crippen LogP contribution in [0.5, 0.6) is 0 Å². The predicted octanol–water partition coefficient (Wildman–Crippen LogP) is 0.0964. The molecule has 1 atom stereocenters. The molecule has 0 fully saturated rings. The van der Waals surface area contributed by atoms with Crippen LogP contribution in [0.15, 0.2) is 12.7 Å². The average molecular weight is 130 g/mol. The molecule has 0 radical (unpaired) electrons. The molecule has 0 bridgehead atoms. The smallest absolute Gasteiger partial charge is 0.161 e. The van der Waals surface area contributed by atoms with E-state index in [0.29, 0.717) is 6.29 Å². The first kappa shape index (κ1) is 8.33. The Bertz CT molecular complexity index is 90.3. The van der Waals surface area contributed by atoms with E-state index in [1.54, 1.807) is 0 Å². The number of hydrogen-bond acceptors (Lipinski definition) is 3. The molecule has 0 aromatic heterocycles. The number of rotatable bonds is 5. The first-order chi connectivity index (χ1) is 4.31. The third-order valence-electron chi connectivity index (χ3n) is 0.704. The molecule has 1 N–H and O–H groups in total. The van der Waals surface area contributed by atoms with E-state index in [2.05, 4.69) is 11.3 Å². The molecule has 0 rings (SSSR count). The summed E-state index contributed by atoms with van der Waals surface area (Å²) in [5, 5.41) is 8.68. The van der Waals surface area contributed by atoms with E-state index in [9.17, 15) is 4.79 Å². The van der Waals surface area contributed by atoms with Gasteiger partial charge in [-0.15, -0.1) is 6.58 Å². The SMILES string of the molecule is C=CCO[C@@H](O)CC=O. The van der Waals surface area contributed by atoms with Gasteiger partial charge in [-0.3, -0.25) is 0 Å². The van der Waals surface area contributed by atoms with Crippen LogP contribution in [0.2, 0.25) is 0 Å². The molecular formula is C6H10O3. The Labute approximate surface area is 53.9 Å². The van der Waals surface area contributed by atoms with Crippen molar-refractivity contribution in [1.29, 1.82) is 0 Å². The van der Waals surface area contributed by atoms with Crippen LogP contribution >= 0.6 is 0 Å². The topological polar surface area (TPSA) is 46.5 Å². The summed E-state index contributed by atoms with van der Waals surface area (Å²) in [6.07, 6.45) is 1.16. The zero-order valence-corrected chi connectivity index (χ0v) is 5.12. The van der Waals surface area contributed by atoms with Gasteiger partial charge in [-0.25, -0.2) is 0 Å². The Morgan fingerprint density at radius 2 is 2.44 bits per heavy atom. The fourth-order valence-corrected chi connectivity index (χ4v) is 0.329. The number of carbonyl (C=O) groups excluding carboxylic acids is 1. The van der Waals surface area contributed by atoms with E-state index in [1.807, 2.05) is 0 Å². The molecule has 0 aromatic rings. The van der Waals surface area contributed by atoms with Gasteiger partial charge >= 0.3 is 0 Å². The van der Waals surface area contributed by atoms with Gasteiger partial charge in [0.05, 0.1) is 13.0 Å². The summed E-state index contributed by atoms with van der Waals surface area (Å²) >= 11 is 0. The lowest BCUT2D eigenvalue weighted by molar-refractivity contribution is -0.123. The summed E-state index contributed by atoms with van der Waals surface area (Å²) in [4.78, 5) is 9.71. The summed E-state index contributed by atoms with van der Waals surface area (Å²) < 4.78 is 4.64. The Hall–Kier alpha value is -0.670. The summed E-state index contributed by atoms with van der Waals surface area (Å²) in [6.45, 7) is 3.64. The zero-order valence-electron chi connectivity index (χ0n) is 5.12. The van der Waals surface area contributed by atoms with Crippen LogP contribution in [0, 0.1) is 0 Å². The number of ether oxygens (including phenoxy) is 1. The fraction of sp³-hybridized carbons (Fsp3) is 0.500. The highest BCUT2D eigenvalue weighted by atomic mass is 16.6. The minimum absolute atomic E-state index is 0.0217. The number of aliphatic hydroxyl groups excluding tert-OH is 1. The number of aldehydes is 1. The largest absolute Gasteiger partial charge is 0.368 e. The molecule has 3 heteroatoms. The minimum Gasteiger partial charge on any atom is -0.368 e. The number of carbonyl (C=O) groups is 1. The van der Waals surface area contributed by atoms with Crippen LogP contribution in [-0.2, 0) is 9.53 Å². The van der Waals surface area contributed by atoms with Crippen molar-refractivity contribution in [2.45, 2.75) is 12.7 Å². The number of aliphatic hydroxyl groups is 1. The molecule has 0 aliphatic carbocycles. The summed E-state index contributed by atoms with van der Waals surface area (Å²) in [5.41, 5.74) is 0. The Morgan fingerprint density at radius 3 is 2.89 bits per heavy atom. The van der Waals surface area contributed by atoms with Crippen LogP contribution < -0.4 is 0 Å². The second-order valence-electron chi connectivity index (χ2n) is 1.48. The second kappa shape index (κ2) is 5.47. The summed E-state index contributed by atoms with van der Waals surface area (Å²) in [7, 11) is 0. The molecule has 0 amide bonds. The molecule has 0 aliphatic heterocycles. The van der Waals surface area contributed by atoms with Crippen LogP contribution in [0.25, 0.3) is 0 Å². The number of hydrogen-bond donors (Lipinski definition) is 1. The van der Waals surface area contributed by atoms with Gasteiger partial charge in [-0.05, 0) is 0 Å². The van der Waals surface area contributed by atoms with E-state index in [-0.39, 0.29) is 13.0 Å². The lowest BCUT2D eigenvalue weighted by atomic mass is 10.5. The maximum absolute atomic E-state index is 9.71. The molecule has 0 saturated carbocycles. The van der Waals surface area contributed by atoms with Crippen molar-refractivity contribution in [2.24, 2.45) is 0 Å². The van der Waals surface area contributed by atoms with Gasteiger partial charge in [0.2, 0.25) is 0 Å². The Morgan fingerprint density at radius 1 is 1.78 bits per heavy atom. The lowest BCUT2D eigenvalue weighted by Crippen LogP contribution is -2.11. The maximum Gasteiger partial charge on any atom is 0.161 e. The van der Waals surface area contributed by atoms with Crippen molar-refractivity contribution >= 4 is 6.29 Å². The average Bonchev–Trinajstić information content (AvgIpc) is 1.85. The van der Waals surface area contributed by atoms with Crippen molar-refractivity contribution in [1.82, 2.24) is 0 Å². The van der Waals surface area contributed by atoms with Crippen molar-refractivity contribution in [3.63, 3.8) is 0 Å². The molecule has 0 spiro atoms. The van der Waals surface area contributed by atoms with Crippen LogP contribution in [0.1, 0.15) is 6.42 Å². The first-order valence-electron chi connectivity index (χ1n) is 2.65. The Balaban J connectivity index is 3.14. The van der Waals surface area contributed by atoms with E-state index in [0.717, 1.165) is 0 Å². The lowest BCUT2D eigenvalue weighted by Gasteiger charge is -2.04. The van der Waals surface area contributed by atoms with Crippen LogP contribution in [0.3, 0.4) is 0 Å². The molecule has 0 unspecified atom stereocenters. The van der Waals surface area contributed by atoms with Gasteiger partial charge < -0.3 is 14.6 Å². The molecule has 0 aromatic carbocycles. The third-order valence-corrected chi connectivity index (χ3v) is 0.704. The zero-order chi connectivity index (χ0) is 7.11. The molecule has 0 saturated heterocycles. The quantitative estimate of drug-likeness (QED) is 0.326. The highest BCUT2D eigenvalue weighted by Gasteiger charge is 1.98. The molecule has 0 heterocycles. The minimum atomic E-state index is -0.972. The van der Waals surface area contributed by atoms with Crippen molar-refractivity contribution in [2.75, 3.05) is 6.61 Å². The normalized spacial score (nSPS) is 12.6. The van der Waals surface area contributed by atoms with Crippen molar-refractivity contribution in [3.8, 4) is 0 Å². The first-order valence-corrected chi connectivity index (χ1v) is 2.65. The third kappa shape index (κ3) is 5.20. The van der Waals surface area contributed by atoms with Gasteiger partial charge in [0, 0.05) is 0 Å². The summed E-state index contributed by atoms with van der Waals surface area (Å²) in [5.74, 6) is 0. The molecule has 3 nitrogen and oxygen atoms in total. The molecule has 0 aliphatic rings. The van der Waals surface area contributed by atoms with Crippen LogP contribution in [-0.4, -0.2) is 24.3 Å². The highest BCUT2D eigenvalue weighted by molar-refractivity contribution is 5.49. The predicted molar refractivity (Wildman–Crippen MR) is 32.8 cm³/mol. The molecule has 9 heavy (non-hydrogen) atoms. The monoisotopic (exact) mass is 130 g/mol. The van der Waals surface area contributed by atoms with E-state index >= 15 is 0 Å². The van der Waals surface area contributed by atoms with Crippen molar-refractivity contribution < 1.29 is 14.6 Å². The maximum atomic E-state index is 9.71. The van der Waals surface area contributed by atoms with Gasteiger partial charge in [-0.1, -0.05) is 6.08 Å². The van der Waals surface area contributed by atoms with Gasteiger partial charge in [0.25, 0.3) is 0 Å². The van der Waals surface area contributed by atoms with E-state index in [4.69, 9.17) is 5.11 Å².